The van der Waals surface area contributed by atoms with Crippen LogP contribution in [0.15, 0.2) is 17.1 Å². The van der Waals surface area contributed by atoms with Crippen molar-refractivity contribution in [2.75, 3.05) is 20.1 Å². The Kier molecular flexibility index (Phi) is 9.87. The van der Waals surface area contributed by atoms with Crippen LogP contribution in [0.1, 0.15) is 29.7 Å². The van der Waals surface area contributed by atoms with Crippen LogP contribution in [-0.2, 0) is 40.8 Å². The number of phosphoric acid groups is 1. The third kappa shape index (κ3) is 8.32. The van der Waals surface area contributed by atoms with Crippen molar-refractivity contribution in [1.82, 2.24) is 9.55 Å². The van der Waals surface area contributed by atoms with Crippen molar-refractivity contribution in [3.05, 3.63) is 27.4 Å². The number of aromatic amines is 1. The SMILES string of the molecule is [2H]C([2H])(OP(=O)(OCOSC(C)=O)OCOSC(C)=O)[C@H]1O[C@@H](n2ccc(=O)[nH]c2=S)C(C)(O)[C@H]1O. The molecule has 2 heterocycles. The Balaban J connectivity index is 2.25. The highest BCUT2D eigenvalue weighted by atomic mass is 32.2. The van der Waals surface area contributed by atoms with Gasteiger partial charge in [-0.15, -0.1) is 0 Å². The molecule has 1 aliphatic rings. The molecule has 0 aliphatic carbocycles. The predicted molar refractivity (Wildman–Crippen MR) is 121 cm³/mol. The van der Waals surface area contributed by atoms with Crippen LogP contribution >= 0.6 is 44.1 Å². The molecule has 1 aromatic rings. The highest BCUT2D eigenvalue weighted by Gasteiger charge is 2.53. The van der Waals surface area contributed by atoms with Crippen molar-refractivity contribution in [1.29, 1.82) is 0 Å². The zero-order chi connectivity index (χ0) is 27.3. The van der Waals surface area contributed by atoms with E-state index in [1.807, 2.05) is 0 Å². The minimum Gasteiger partial charge on any atom is -0.387 e. The summed E-state index contributed by atoms with van der Waals surface area (Å²) < 4.78 is 60.1. The van der Waals surface area contributed by atoms with Gasteiger partial charge in [-0.3, -0.25) is 45.9 Å². The molecule has 34 heavy (non-hydrogen) atoms. The van der Waals surface area contributed by atoms with E-state index in [-0.39, 0.29) is 4.77 Å². The summed E-state index contributed by atoms with van der Waals surface area (Å²) in [4.78, 5) is 35.7. The van der Waals surface area contributed by atoms with Gasteiger partial charge in [-0.1, -0.05) is 0 Å². The zero-order valence-corrected chi connectivity index (χ0v) is 21.2. The number of phosphoric ester groups is 1. The van der Waals surface area contributed by atoms with E-state index < -0.39 is 67.8 Å². The number of nitrogens with zero attached hydrogens (tertiary/aromatic N) is 1. The Morgan fingerprint density at radius 3 is 2.35 bits per heavy atom. The minimum atomic E-state index is -4.91. The van der Waals surface area contributed by atoms with Gasteiger partial charge >= 0.3 is 7.82 Å². The van der Waals surface area contributed by atoms with Gasteiger partial charge in [-0.2, -0.15) is 0 Å². The fraction of sp³-hybridized carbons (Fsp3) is 0.625. The Morgan fingerprint density at radius 1 is 1.29 bits per heavy atom. The molecule has 1 aromatic heterocycles. The molecule has 0 saturated carbocycles. The maximum atomic E-state index is 13.1. The Labute approximate surface area is 210 Å². The highest BCUT2D eigenvalue weighted by molar-refractivity contribution is 8.09. The van der Waals surface area contributed by atoms with Crippen molar-refractivity contribution in [3.63, 3.8) is 0 Å². The summed E-state index contributed by atoms with van der Waals surface area (Å²) in [5.41, 5.74) is -2.72. The van der Waals surface area contributed by atoms with Crippen molar-refractivity contribution in [3.8, 4) is 0 Å². The first-order chi connectivity index (χ1) is 16.6. The predicted octanol–water partition coefficient (Wildman–Crippen LogP) is 1.41. The molecule has 2 rings (SSSR count). The first-order valence-corrected chi connectivity index (χ1v) is 12.5. The minimum absolute atomic E-state index is 0.195. The number of carbonyl (C=O) groups is 2. The summed E-state index contributed by atoms with van der Waals surface area (Å²) in [5.74, 6) is 0. The van der Waals surface area contributed by atoms with Gasteiger partial charge in [0.15, 0.2) is 24.6 Å². The van der Waals surface area contributed by atoms with Gasteiger partial charge in [-0.05, 0) is 19.1 Å². The van der Waals surface area contributed by atoms with Gasteiger partial charge < -0.3 is 14.9 Å². The lowest BCUT2D eigenvalue weighted by atomic mass is 9.96. The normalized spacial score (nSPS) is 26.2. The summed E-state index contributed by atoms with van der Waals surface area (Å²) in [5, 5.41) is 20.6. The monoisotopic (exact) mass is 564 g/mol. The van der Waals surface area contributed by atoms with Gasteiger partial charge in [0.1, 0.15) is 17.8 Å². The molecule has 1 unspecified atom stereocenters. The van der Waals surface area contributed by atoms with Gasteiger partial charge in [-0.25, -0.2) is 4.57 Å². The molecule has 14 nitrogen and oxygen atoms in total. The Morgan fingerprint density at radius 2 is 1.85 bits per heavy atom. The Bertz CT molecular complexity index is 1090. The molecular weight excluding hydrogens is 539 g/mol. The third-order valence-corrected chi connectivity index (χ3v) is 6.30. The molecule has 1 aliphatic heterocycles. The van der Waals surface area contributed by atoms with E-state index in [1.54, 1.807) is 0 Å². The number of carbonyl (C=O) groups excluding carboxylic acids is 2. The van der Waals surface area contributed by atoms with Crippen LogP contribution in [0.4, 0.5) is 0 Å². The summed E-state index contributed by atoms with van der Waals surface area (Å²) in [6.45, 7) is -1.40. The molecule has 0 radical (unpaired) electrons. The number of hydrogen-bond acceptors (Lipinski definition) is 15. The summed E-state index contributed by atoms with van der Waals surface area (Å²) in [7, 11) is -4.91. The molecule has 1 fully saturated rings. The lowest BCUT2D eigenvalue weighted by Crippen LogP contribution is -2.44. The number of aliphatic hydroxyl groups excluding tert-OH is 1. The summed E-state index contributed by atoms with van der Waals surface area (Å²) in [6, 6.07) is 1.06. The van der Waals surface area contributed by atoms with Gasteiger partial charge in [0.2, 0.25) is 10.2 Å². The van der Waals surface area contributed by atoms with E-state index in [4.69, 9.17) is 41.6 Å². The summed E-state index contributed by atoms with van der Waals surface area (Å²) >= 11 is 5.72. The van der Waals surface area contributed by atoms with Crippen LogP contribution in [0.2, 0.25) is 0 Å². The molecule has 3 N–H and O–H groups in total. The second-order valence-electron chi connectivity index (χ2n) is 6.63. The maximum Gasteiger partial charge on any atom is 0.479 e. The number of aliphatic hydroxyl groups is 2. The van der Waals surface area contributed by atoms with E-state index in [2.05, 4.69) is 4.98 Å². The maximum absolute atomic E-state index is 13.1. The third-order valence-electron chi connectivity index (χ3n) is 3.92. The number of ether oxygens (including phenoxy) is 1. The number of hydrogen-bond donors (Lipinski definition) is 3. The summed E-state index contributed by atoms with van der Waals surface area (Å²) in [6.07, 6.45) is -4.31. The molecule has 0 amide bonds. The molecule has 1 saturated heterocycles. The molecular formula is C16H23N2O12PS3. The first-order valence-electron chi connectivity index (χ1n) is 10.2. The Hall–Kier alpha value is -0.950. The number of nitrogens with one attached hydrogen (secondary N) is 1. The van der Waals surface area contributed by atoms with Crippen molar-refractivity contribution < 1.29 is 53.8 Å². The smallest absolute Gasteiger partial charge is 0.387 e. The van der Waals surface area contributed by atoms with Crippen LogP contribution in [0.3, 0.4) is 0 Å². The van der Waals surface area contributed by atoms with Crippen LogP contribution < -0.4 is 5.56 Å². The average molecular weight is 565 g/mol. The second-order valence-corrected chi connectivity index (χ2v) is 10.6. The standard InChI is InChI=1S/C16H23N2O12PS3/c1-9(19)33-28-7-26-31(24,27-8-29-34-10(2)20)25-6-11-13(22)16(3,23)14(30-11)18-5-4-12(21)17-15(18)32/h4-5,11,13-14,22-23H,6-8H2,1-3H3,(H,17,21,32)/t11-,13+,14-,16?/m1/s1/i6D2. The lowest BCUT2D eigenvalue weighted by molar-refractivity contribution is -0.110. The number of rotatable bonds is 12. The van der Waals surface area contributed by atoms with Crippen LogP contribution in [0.5, 0.6) is 0 Å². The van der Waals surface area contributed by atoms with Gasteiger partial charge in [0.05, 0.1) is 33.4 Å². The quantitative estimate of drug-likeness (QED) is 0.109. The average Bonchev–Trinajstić information content (AvgIpc) is 2.98. The lowest BCUT2D eigenvalue weighted by Gasteiger charge is -2.28. The van der Waals surface area contributed by atoms with E-state index in [0.717, 1.165) is 23.8 Å². The molecule has 192 valence electrons. The molecule has 18 heteroatoms. The highest BCUT2D eigenvalue weighted by Crippen LogP contribution is 2.51. The molecule has 0 bridgehead atoms. The largest absolute Gasteiger partial charge is 0.479 e. The van der Waals surface area contributed by atoms with Crippen molar-refractivity contribution in [2.24, 2.45) is 0 Å². The van der Waals surface area contributed by atoms with Crippen LogP contribution in [0.25, 0.3) is 0 Å². The van der Waals surface area contributed by atoms with Crippen LogP contribution in [0, 0.1) is 4.77 Å². The van der Waals surface area contributed by atoms with Crippen molar-refractivity contribution >= 4 is 54.4 Å². The van der Waals surface area contributed by atoms with E-state index >= 15 is 0 Å². The fourth-order valence-electron chi connectivity index (χ4n) is 2.45. The molecule has 0 spiro atoms. The van der Waals surface area contributed by atoms with E-state index in [0.29, 0.717) is 24.1 Å². The zero-order valence-electron chi connectivity index (χ0n) is 19.9. The second kappa shape index (κ2) is 12.8. The molecule has 4 atom stereocenters. The van der Waals surface area contributed by atoms with Gasteiger partial charge in [0, 0.05) is 26.1 Å². The first kappa shape index (κ1) is 26.1. The topological polar surface area (TPSA) is 185 Å². The fourth-order valence-corrected chi connectivity index (χ4v) is 4.15. The van der Waals surface area contributed by atoms with Gasteiger partial charge in [0.25, 0.3) is 5.56 Å². The number of H-pyrrole nitrogens is 1. The number of aromatic nitrogens is 2. The molecule has 0 aromatic carbocycles. The van der Waals surface area contributed by atoms with E-state index in [1.165, 1.54) is 13.8 Å². The van der Waals surface area contributed by atoms with Crippen molar-refractivity contribution in [2.45, 2.75) is 44.8 Å². The van der Waals surface area contributed by atoms with Crippen LogP contribution in [-0.4, -0.2) is 67.9 Å². The van der Waals surface area contributed by atoms with E-state index in [9.17, 15) is 29.2 Å².